The van der Waals surface area contributed by atoms with Crippen LogP contribution in [0.25, 0.3) is 89.0 Å². The highest BCUT2D eigenvalue weighted by Crippen LogP contribution is 2.37. The summed E-state index contributed by atoms with van der Waals surface area (Å²) in [4.78, 5) is 15.6. The molecule has 0 radical (unpaired) electrons. The number of nitrogens with zero attached hydrogens (tertiary/aromatic N) is 3. The lowest BCUT2D eigenvalue weighted by molar-refractivity contribution is 0.830. The van der Waals surface area contributed by atoms with Gasteiger partial charge in [-0.1, -0.05) is 166 Å². The Hall–Kier alpha value is -6.71. The molecule has 0 aliphatic heterocycles. The van der Waals surface area contributed by atoms with Crippen LogP contribution in [0.1, 0.15) is 25.5 Å². The molecule has 0 aliphatic rings. The van der Waals surface area contributed by atoms with Crippen LogP contribution in [0.5, 0.6) is 0 Å². The second-order valence-corrected chi connectivity index (χ2v) is 13.9. The van der Waals surface area contributed by atoms with Gasteiger partial charge in [-0.2, -0.15) is 0 Å². The van der Waals surface area contributed by atoms with Gasteiger partial charge in [0.15, 0.2) is 0 Å². The van der Waals surface area contributed by atoms with Crippen LogP contribution in [-0.2, 0) is 0 Å². The quantitative estimate of drug-likeness (QED) is 0.157. The Bertz CT molecular complexity index is 2660. The van der Waals surface area contributed by atoms with Crippen molar-refractivity contribution in [1.29, 1.82) is 0 Å². The Balaban J connectivity index is 1.12. The molecule has 0 bridgehead atoms. The number of benzene rings is 6. The van der Waals surface area contributed by atoms with E-state index in [1.165, 1.54) is 5.56 Å². The summed E-state index contributed by atoms with van der Waals surface area (Å²) in [5.41, 5.74) is 15.9. The number of hydrogen-bond acceptors (Lipinski definition) is 3. The van der Waals surface area contributed by atoms with Gasteiger partial charge in [-0.25, -0.2) is 9.97 Å². The second-order valence-electron chi connectivity index (χ2n) is 13.9. The van der Waals surface area contributed by atoms with E-state index in [4.69, 9.17) is 15.0 Å². The average Bonchev–Trinajstić information content (AvgIpc) is 3.24. The molecule has 9 rings (SSSR count). The molecule has 0 N–H and O–H groups in total. The SMILES string of the molecule is CC(C)c1ccc2ccc3c(-c4ccccc4)cc(-c4cccc(-c5ccc(-c6cc(-c7ccccc7)cc(-c7ccccc7)n6)cc5)c4)nc3c2n1. The topological polar surface area (TPSA) is 38.7 Å². The van der Waals surface area contributed by atoms with E-state index >= 15 is 0 Å². The summed E-state index contributed by atoms with van der Waals surface area (Å²) >= 11 is 0. The predicted molar refractivity (Wildman–Crippen MR) is 222 cm³/mol. The zero-order valence-electron chi connectivity index (χ0n) is 29.7. The van der Waals surface area contributed by atoms with Gasteiger partial charge in [0, 0.05) is 33.2 Å². The van der Waals surface area contributed by atoms with Crippen molar-refractivity contribution < 1.29 is 0 Å². The first kappa shape index (κ1) is 32.2. The van der Waals surface area contributed by atoms with Gasteiger partial charge in [0.05, 0.1) is 28.1 Å². The molecule has 53 heavy (non-hydrogen) atoms. The lowest BCUT2D eigenvalue weighted by atomic mass is 9.95. The molecule has 0 amide bonds. The standard InChI is InChI=1S/C50H37N3/c1-33(2)45-28-26-39-25-27-43-44(36-15-8-4-9-16-36)32-48(53-50(43)49(39)52-45)41-20-12-19-40(29-41)35-21-23-38(24-22-35)47-31-42(34-13-6-3-7-14-34)30-46(51-47)37-17-10-5-11-18-37/h3-33H,1-2H3. The maximum atomic E-state index is 5.34. The van der Waals surface area contributed by atoms with Crippen molar-refractivity contribution in [2.75, 3.05) is 0 Å². The summed E-state index contributed by atoms with van der Waals surface area (Å²) in [6, 6.07) is 64.2. The van der Waals surface area contributed by atoms with E-state index in [1.54, 1.807) is 0 Å². The zero-order chi connectivity index (χ0) is 35.7. The fourth-order valence-electron chi connectivity index (χ4n) is 7.14. The highest BCUT2D eigenvalue weighted by atomic mass is 14.8. The van der Waals surface area contributed by atoms with E-state index in [9.17, 15) is 0 Å². The van der Waals surface area contributed by atoms with E-state index in [1.807, 2.05) is 6.07 Å². The molecule has 0 saturated carbocycles. The molecule has 0 aliphatic carbocycles. The Kier molecular flexibility index (Phi) is 8.38. The van der Waals surface area contributed by atoms with Crippen molar-refractivity contribution in [2.24, 2.45) is 0 Å². The second kappa shape index (κ2) is 13.8. The molecule has 3 aromatic heterocycles. The zero-order valence-corrected chi connectivity index (χ0v) is 29.7. The summed E-state index contributed by atoms with van der Waals surface area (Å²) in [6.45, 7) is 4.37. The minimum Gasteiger partial charge on any atom is -0.250 e. The highest BCUT2D eigenvalue weighted by Gasteiger charge is 2.15. The van der Waals surface area contributed by atoms with Crippen molar-refractivity contribution in [3.8, 4) is 67.2 Å². The van der Waals surface area contributed by atoms with Crippen molar-refractivity contribution in [3.63, 3.8) is 0 Å². The molecule has 0 atom stereocenters. The normalized spacial score (nSPS) is 11.4. The molecule has 0 fully saturated rings. The Morgan fingerprint density at radius 3 is 1.55 bits per heavy atom. The third-order valence-electron chi connectivity index (χ3n) is 10.0. The monoisotopic (exact) mass is 679 g/mol. The summed E-state index contributed by atoms with van der Waals surface area (Å²) in [7, 11) is 0. The van der Waals surface area contributed by atoms with Crippen LogP contribution in [0.4, 0.5) is 0 Å². The molecular formula is C50H37N3. The van der Waals surface area contributed by atoms with Crippen molar-refractivity contribution >= 4 is 21.8 Å². The van der Waals surface area contributed by atoms with Crippen molar-refractivity contribution in [3.05, 3.63) is 188 Å². The van der Waals surface area contributed by atoms with Crippen LogP contribution < -0.4 is 0 Å². The number of aromatic nitrogens is 3. The van der Waals surface area contributed by atoms with Gasteiger partial charge < -0.3 is 0 Å². The van der Waals surface area contributed by atoms with Gasteiger partial charge in [0.1, 0.15) is 0 Å². The summed E-state index contributed by atoms with van der Waals surface area (Å²) < 4.78 is 0. The molecule has 3 heteroatoms. The average molecular weight is 680 g/mol. The van der Waals surface area contributed by atoms with E-state index in [-0.39, 0.29) is 0 Å². The Morgan fingerprint density at radius 2 is 0.868 bits per heavy atom. The third kappa shape index (κ3) is 6.39. The Labute approximate surface area is 310 Å². The van der Waals surface area contributed by atoms with Gasteiger partial charge in [-0.05, 0) is 69.6 Å². The minimum atomic E-state index is 0.323. The lowest BCUT2D eigenvalue weighted by Gasteiger charge is -2.14. The maximum absolute atomic E-state index is 5.34. The van der Waals surface area contributed by atoms with Crippen LogP contribution >= 0.6 is 0 Å². The van der Waals surface area contributed by atoms with E-state index in [0.29, 0.717) is 5.92 Å². The maximum Gasteiger partial charge on any atom is 0.0978 e. The minimum absolute atomic E-state index is 0.323. The molecule has 3 nitrogen and oxygen atoms in total. The smallest absolute Gasteiger partial charge is 0.0978 e. The van der Waals surface area contributed by atoms with Gasteiger partial charge >= 0.3 is 0 Å². The van der Waals surface area contributed by atoms with Crippen molar-refractivity contribution in [1.82, 2.24) is 15.0 Å². The van der Waals surface area contributed by atoms with Crippen LogP contribution in [0.2, 0.25) is 0 Å². The summed E-state index contributed by atoms with van der Waals surface area (Å²) in [6.07, 6.45) is 0. The van der Waals surface area contributed by atoms with Gasteiger partial charge in [-0.3, -0.25) is 4.98 Å². The van der Waals surface area contributed by atoms with Crippen LogP contribution in [0.3, 0.4) is 0 Å². The highest BCUT2D eigenvalue weighted by molar-refractivity contribution is 6.09. The largest absolute Gasteiger partial charge is 0.250 e. The molecule has 252 valence electrons. The molecule has 6 aromatic carbocycles. The number of hydrogen-bond donors (Lipinski definition) is 0. The fraction of sp³-hybridized carbons (Fsp3) is 0.0600. The van der Waals surface area contributed by atoms with Gasteiger partial charge in [0.25, 0.3) is 0 Å². The molecule has 0 spiro atoms. The first-order valence-electron chi connectivity index (χ1n) is 18.2. The van der Waals surface area contributed by atoms with Crippen LogP contribution in [-0.4, -0.2) is 15.0 Å². The van der Waals surface area contributed by atoms with Crippen molar-refractivity contribution in [2.45, 2.75) is 19.8 Å². The van der Waals surface area contributed by atoms with Crippen LogP contribution in [0, 0.1) is 0 Å². The summed E-state index contributed by atoms with van der Waals surface area (Å²) in [5.74, 6) is 0.323. The van der Waals surface area contributed by atoms with Gasteiger partial charge in [-0.15, -0.1) is 0 Å². The summed E-state index contributed by atoms with van der Waals surface area (Å²) in [5, 5.41) is 2.20. The van der Waals surface area contributed by atoms with E-state index < -0.39 is 0 Å². The number of pyridine rings is 3. The lowest BCUT2D eigenvalue weighted by Crippen LogP contribution is -1.96. The molecular weight excluding hydrogens is 643 g/mol. The fourth-order valence-corrected chi connectivity index (χ4v) is 7.14. The van der Waals surface area contributed by atoms with Gasteiger partial charge in [0.2, 0.25) is 0 Å². The molecule has 0 saturated heterocycles. The van der Waals surface area contributed by atoms with Crippen LogP contribution in [0.15, 0.2) is 182 Å². The predicted octanol–water partition coefficient (Wildman–Crippen LogP) is 13.3. The third-order valence-corrected chi connectivity index (χ3v) is 10.0. The first-order chi connectivity index (χ1) is 26.1. The molecule has 0 unspecified atom stereocenters. The molecule has 9 aromatic rings. The van der Waals surface area contributed by atoms with E-state index in [2.05, 4.69) is 190 Å². The number of rotatable bonds is 7. The number of fused-ring (bicyclic) bond motifs is 3. The van der Waals surface area contributed by atoms with E-state index in [0.717, 1.165) is 89.1 Å². The first-order valence-corrected chi connectivity index (χ1v) is 18.2. The Morgan fingerprint density at radius 1 is 0.340 bits per heavy atom. The molecule has 3 heterocycles.